The summed E-state index contributed by atoms with van der Waals surface area (Å²) in [5.74, 6) is 1.18. The molecule has 0 heterocycles. The Hall–Kier alpha value is -1.91. The highest BCUT2D eigenvalue weighted by Crippen LogP contribution is 2.68. The number of hydrogen-bond acceptors (Lipinski definition) is 5. The highest BCUT2D eigenvalue weighted by molar-refractivity contribution is 6.01. The fraction of sp³-hybridized carbons (Fsp3) is 0.741. The number of ketones is 1. The van der Waals surface area contributed by atoms with E-state index >= 15 is 0 Å². The predicted octanol–water partition coefficient (Wildman–Crippen LogP) is 5.19. The molecule has 0 N–H and O–H groups in total. The van der Waals surface area contributed by atoms with E-state index in [1.165, 1.54) is 0 Å². The second-order valence-corrected chi connectivity index (χ2v) is 11.0. The lowest BCUT2D eigenvalue weighted by Crippen LogP contribution is -2.57. The maximum absolute atomic E-state index is 12.3. The molecule has 32 heavy (non-hydrogen) atoms. The normalized spacial score (nSPS) is 42.4. The Labute approximate surface area is 192 Å². The molecular weight excluding hydrogens is 404 g/mol. The van der Waals surface area contributed by atoms with Gasteiger partial charge in [-0.2, -0.15) is 0 Å². The van der Waals surface area contributed by atoms with Crippen molar-refractivity contribution in [2.45, 2.75) is 85.2 Å². The molecule has 0 saturated heterocycles. The van der Waals surface area contributed by atoms with Gasteiger partial charge < -0.3 is 9.47 Å². The molecule has 0 aromatic heterocycles. The molecule has 3 saturated carbocycles. The average Bonchev–Trinajstić information content (AvgIpc) is 3.03. The quantitative estimate of drug-likeness (QED) is 0.548. The van der Waals surface area contributed by atoms with Gasteiger partial charge in [0.15, 0.2) is 5.78 Å². The van der Waals surface area contributed by atoms with Gasteiger partial charge in [0.05, 0.1) is 0 Å². The molecule has 0 spiro atoms. The number of allylic oxidation sites excluding steroid dienone is 2. The Morgan fingerprint density at radius 1 is 1.06 bits per heavy atom. The van der Waals surface area contributed by atoms with Crippen molar-refractivity contribution in [3.8, 4) is 0 Å². The first-order valence-corrected chi connectivity index (χ1v) is 12.4. The second-order valence-electron chi connectivity index (χ2n) is 11.0. The number of rotatable bonds is 5. The first-order chi connectivity index (χ1) is 15.1. The van der Waals surface area contributed by atoms with Gasteiger partial charge in [0, 0.05) is 23.7 Å². The van der Waals surface area contributed by atoms with Crippen LogP contribution in [0.3, 0.4) is 0 Å². The molecule has 0 radical (unpaired) electrons. The van der Waals surface area contributed by atoms with E-state index < -0.39 is 11.0 Å². The van der Waals surface area contributed by atoms with Crippen LogP contribution in [-0.4, -0.2) is 29.9 Å². The van der Waals surface area contributed by atoms with E-state index in [0.29, 0.717) is 37.2 Å². The van der Waals surface area contributed by atoms with Crippen molar-refractivity contribution in [3.05, 3.63) is 23.8 Å². The Balaban J connectivity index is 1.70. The smallest absolute Gasteiger partial charge is 0.306 e. The minimum Gasteiger partial charge on any atom is -0.464 e. The van der Waals surface area contributed by atoms with Gasteiger partial charge in [0.1, 0.15) is 12.2 Å². The molecule has 176 valence electrons. The third-order valence-electron chi connectivity index (χ3n) is 9.55. The number of carbonyl (C=O) groups excluding carboxylic acids is 3. The van der Waals surface area contributed by atoms with Crippen LogP contribution in [0.5, 0.6) is 0 Å². The van der Waals surface area contributed by atoms with Crippen LogP contribution in [0.2, 0.25) is 0 Å². The maximum atomic E-state index is 12.3. The Morgan fingerprint density at radius 2 is 1.75 bits per heavy atom. The molecular formula is C27H38O5. The highest BCUT2D eigenvalue weighted by Gasteiger charge is 2.65. The van der Waals surface area contributed by atoms with E-state index in [9.17, 15) is 14.4 Å². The zero-order chi connectivity index (χ0) is 23.3. The summed E-state index contributed by atoms with van der Waals surface area (Å²) in [5, 5.41) is 0. The number of carbonyl (C=O) groups is 3. The lowest BCUT2D eigenvalue weighted by molar-refractivity contribution is -0.180. The summed E-state index contributed by atoms with van der Waals surface area (Å²) < 4.78 is 11.8. The SMILES string of the molecule is CCC(=O)OC[C@]12C=CC(=O)C=C1[C@@H](C)C[C@H]1[C@@H]3CC[C@@](C)(OC(=O)CC)[C@@]3(C)CC[C@@H]12. The van der Waals surface area contributed by atoms with Crippen molar-refractivity contribution in [1.29, 1.82) is 0 Å². The average molecular weight is 443 g/mol. The summed E-state index contributed by atoms with van der Waals surface area (Å²) >= 11 is 0. The molecule has 5 nitrogen and oxygen atoms in total. The third kappa shape index (κ3) is 3.38. The van der Waals surface area contributed by atoms with Crippen molar-refractivity contribution < 1.29 is 23.9 Å². The van der Waals surface area contributed by atoms with Crippen molar-refractivity contribution in [2.24, 2.45) is 34.5 Å². The summed E-state index contributed by atoms with van der Waals surface area (Å²) in [5.41, 5.74) is 0.239. The van der Waals surface area contributed by atoms with Crippen molar-refractivity contribution >= 4 is 17.7 Å². The van der Waals surface area contributed by atoms with Crippen LogP contribution >= 0.6 is 0 Å². The second kappa shape index (κ2) is 8.14. The Morgan fingerprint density at radius 3 is 2.44 bits per heavy atom. The summed E-state index contributed by atoms with van der Waals surface area (Å²) in [6.45, 7) is 10.6. The van der Waals surface area contributed by atoms with Gasteiger partial charge in [-0.15, -0.1) is 0 Å². The van der Waals surface area contributed by atoms with Gasteiger partial charge in [0.25, 0.3) is 0 Å². The van der Waals surface area contributed by atoms with E-state index in [0.717, 1.165) is 37.7 Å². The van der Waals surface area contributed by atoms with Crippen LogP contribution < -0.4 is 0 Å². The van der Waals surface area contributed by atoms with Crippen molar-refractivity contribution in [3.63, 3.8) is 0 Å². The molecule has 7 atom stereocenters. The van der Waals surface area contributed by atoms with E-state index in [-0.39, 0.29) is 29.1 Å². The molecule has 3 fully saturated rings. The number of hydrogen-bond donors (Lipinski definition) is 0. The molecule has 0 aromatic carbocycles. The topological polar surface area (TPSA) is 69.7 Å². The third-order valence-corrected chi connectivity index (χ3v) is 9.55. The van der Waals surface area contributed by atoms with E-state index in [1.807, 2.05) is 13.8 Å². The van der Waals surface area contributed by atoms with Gasteiger partial charge >= 0.3 is 11.9 Å². The van der Waals surface area contributed by atoms with Gasteiger partial charge in [-0.1, -0.05) is 33.8 Å². The molecule has 4 aliphatic rings. The fourth-order valence-corrected chi connectivity index (χ4v) is 7.65. The standard InChI is InChI=1S/C27H38O5/c1-6-23(29)31-16-27-13-8-18(28)15-22(27)17(3)14-19-20-10-12-26(5,32-24(30)7-2)25(20,4)11-9-21(19)27/h8,13,15,17,19-21H,6-7,9-12,14,16H2,1-5H3/t17-,19-,20-,21-,25-,26+,27-/m0/s1. The van der Waals surface area contributed by atoms with Crippen LogP contribution in [0.1, 0.15) is 79.6 Å². The molecule has 0 unspecified atom stereocenters. The van der Waals surface area contributed by atoms with Crippen LogP contribution in [0.15, 0.2) is 23.8 Å². The van der Waals surface area contributed by atoms with E-state index in [4.69, 9.17) is 9.47 Å². The fourth-order valence-electron chi connectivity index (χ4n) is 7.65. The monoisotopic (exact) mass is 442 g/mol. The van der Waals surface area contributed by atoms with Gasteiger partial charge in [-0.05, 0) is 80.4 Å². The minimum absolute atomic E-state index is 0.0308. The lowest BCUT2D eigenvalue weighted by atomic mass is 9.45. The van der Waals surface area contributed by atoms with Crippen LogP contribution in [0, 0.1) is 34.5 Å². The maximum Gasteiger partial charge on any atom is 0.306 e. The molecule has 0 aliphatic heterocycles. The largest absolute Gasteiger partial charge is 0.464 e. The molecule has 0 aromatic rings. The predicted molar refractivity (Wildman–Crippen MR) is 122 cm³/mol. The van der Waals surface area contributed by atoms with Gasteiger partial charge in [0.2, 0.25) is 0 Å². The van der Waals surface area contributed by atoms with E-state index in [1.54, 1.807) is 12.2 Å². The highest BCUT2D eigenvalue weighted by atomic mass is 16.6. The van der Waals surface area contributed by atoms with Crippen molar-refractivity contribution in [1.82, 2.24) is 0 Å². The van der Waals surface area contributed by atoms with Crippen LogP contribution in [0.25, 0.3) is 0 Å². The Bertz CT molecular complexity index is 871. The molecule has 4 rings (SSSR count). The summed E-state index contributed by atoms with van der Waals surface area (Å²) in [4.78, 5) is 36.6. The molecule has 0 amide bonds. The summed E-state index contributed by atoms with van der Waals surface area (Å²) in [7, 11) is 0. The Kier molecular flexibility index (Phi) is 5.92. The number of ether oxygens (including phenoxy) is 2. The first-order valence-electron chi connectivity index (χ1n) is 12.4. The van der Waals surface area contributed by atoms with Crippen LogP contribution in [-0.2, 0) is 23.9 Å². The number of esters is 2. The van der Waals surface area contributed by atoms with Gasteiger partial charge in [-0.3, -0.25) is 14.4 Å². The number of fused-ring (bicyclic) bond motifs is 5. The van der Waals surface area contributed by atoms with Gasteiger partial charge in [-0.25, -0.2) is 0 Å². The summed E-state index contributed by atoms with van der Waals surface area (Å²) in [6, 6.07) is 0. The van der Waals surface area contributed by atoms with Crippen LogP contribution in [0.4, 0.5) is 0 Å². The molecule has 0 bridgehead atoms. The van der Waals surface area contributed by atoms with Crippen molar-refractivity contribution in [2.75, 3.05) is 6.61 Å². The molecule has 4 aliphatic carbocycles. The van der Waals surface area contributed by atoms with E-state index in [2.05, 4.69) is 26.8 Å². The zero-order valence-corrected chi connectivity index (χ0v) is 20.2. The minimum atomic E-state index is -0.435. The summed E-state index contributed by atoms with van der Waals surface area (Å²) in [6.07, 6.45) is 11.2. The zero-order valence-electron chi connectivity index (χ0n) is 20.2. The lowest BCUT2D eigenvalue weighted by Gasteiger charge is -2.60. The first kappa shape index (κ1) is 23.3. The molecule has 5 heteroatoms.